The van der Waals surface area contributed by atoms with Gasteiger partial charge in [0.1, 0.15) is 5.75 Å². The van der Waals surface area contributed by atoms with Gasteiger partial charge in [-0.3, -0.25) is 0 Å². The Balaban J connectivity index is 2.01. The Bertz CT molecular complexity index is 540. The molecule has 1 N–H and O–H groups in total. The van der Waals surface area contributed by atoms with Crippen LogP contribution >= 0.6 is 0 Å². The topological polar surface area (TPSA) is 68.1 Å². The van der Waals surface area contributed by atoms with E-state index in [9.17, 15) is 4.79 Å². The molecule has 1 aliphatic heterocycles. The third kappa shape index (κ3) is 1.33. The molecule has 0 saturated heterocycles. The fraction of sp³-hybridized carbons (Fsp3) is 0.385. The van der Waals surface area contributed by atoms with Gasteiger partial charge in [-0.25, -0.2) is 4.79 Å². The molecule has 94 valence electrons. The standard InChI is InChI=1S/C13H13NO4/c1-2-17-12(15)13-7-9(13)11(14-16)8-5-3-4-6-10(8)18-13/h3-6,9,16H,2,7H2,1H3/b14-11-/t9?,13-/m1/s1. The number of esters is 1. The Morgan fingerprint density at radius 2 is 2.39 bits per heavy atom. The maximum atomic E-state index is 11.9. The summed E-state index contributed by atoms with van der Waals surface area (Å²) in [6.45, 7) is 2.06. The van der Waals surface area contributed by atoms with Gasteiger partial charge in [-0.1, -0.05) is 17.3 Å². The number of benzene rings is 1. The molecule has 5 nitrogen and oxygen atoms in total. The number of hydrogen-bond donors (Lipinski definition) is 1. The lowest BCUT2D eigenvalue weighted by molar-refractivity contribution is -0.154. The van der Waals surface area contributed by atoms with Gasteiger partial charge in [0.05, 0.1) is 18.2 Å². The van der Waals surface area contributed by atoms with Crippen molar-refractivity contribution in [2.75, 3.05) is 6.61 Å². The van der Waals surface area contributed by atoms with Crippen molar-refractivity contribution in [1.82, 2.24) is 0 Å². The SMILES string of the molecule is CCOC(=O)[C@@]12CC1/C(=N\O)c1ccccc1O2. The Kier molecular flexibility index (Phi) is 2.29. The van der Waals surface area contributed by atoms with Crippen LogP contribution in [-0.2, 0) is 9.53 Å². The number of carbonyl (C=O) groups excluding carboxylic acids is 1. The lowest BCUT2D eigenvalue weighted by Crippen LogP contribution is -2.39. The average Bonchev–Trinajstić information content (AvgIpc) is 3.11. The molecule has 1 aromatic rings. The highest BCUT2D eigenvalue weighted by molar-refractivity contribution is 6.12. The molecule has 0 aromatic heterocycles. The van der Waals surface area contributed by atoms with Crippen molar-refractivity contribution in [1.29, 1.82) is 0 Å². The van der Waals surface area contributed by atoms with Crippen molar-refractivity contribution < 1.29 is 19.5 Å². The minimum absolute atomic E-state index is 0.212. The van der Waals surface area contributed by atoms with Crippen LogP contribution in [0, 0.1) is 5.92 Å². The molecule has 1 heterocycles. The van der Waals surface area contributed by atoms with E-state index in [1.165, 1.54) is 0 Å². The number of carbonyl (C=O) groups is 1. The molecule has 2 aliphatic rings. The first-order valence-electron chi connectivity index (χ1n) is 5.90. The summed E-state index contributed by atoms with van der Waals surface area (Å²) in [6.07, 6.45) is 0.500. The molecule has 1 unspecified atom stereocenters. The van der Waals surface area contributed by atoms with Crippen molar-refractivity contribution >= 4 is 11.7 Å². The maximum absolute atomic E-state index is 11.9. The van der Waals surface area contributed by atoms with Crippen LogP contribution in [0.2, 0.25) is 0 Å². The van der Waals surface area contributed by atoms with E-state index in [1.54, 1.807) is 13.0 Å². The molecule has 0 bridgehead atoms. The number of para-hydroxylation sites is 1. The zero-order valence-electron chi connectivity index (χ0n) is 9.92. The molecule has 3 rings (SSSR count). The molecule has 0 radical (unpaired) electrons. The van der Waals surface area contributed by atoms with E-state index in [1.807, 2.05) is 18.2 Å². The van der Waals surface area contributed by atoms with Gasteiger partial charge in [-0.05, 0) is 19.1 Å². The third-order valence-corrected chi connectivity index (χ3v) is 3.42. The van der Waals surface area contributed by atoms with E-state index in [0.29, 0.717) is 24.5 Å². The summed E-state index contributed by atoms with van der Waals surface area (Å²) in [5.74, 6) is -0.0331. The maximum Gasteiger partial charge on any atom is 0.351 e. The molecule has 0 spiro atoms. The zero-order chi connectivity index (χ0) is 12.8. The van der Waals surface area contributed by atoms with Crippen LogP contribution in [0.15, 0.2) is 29.4 Å². The summed E-state index contributed by atoms with van der Waals surface area (Å²) in [5.41, 5.74) is 0.263. The number of fused-ring (bicyclic) bond motifs is 2. The molecular weight excluding hydrogens is 234 g/mol. The first kappa shape index (κ1) is 11.1. The van der Waals surface area contributed by atoms with Gasteiger partial charge in [-0.15, -0.1) is 0 Å². The van der Waals surface area contributed by atoms with Crippen LogP contribution in [0.1, 0.15) is 18.9 Å². The molecule has 5 heteroatoms. The zero-order valence-corrected chi connectivity index (χ0v) is 9.92. The van der Waals surface area contributed by atoms with Crippen molar-refractivity contribution in [2.45, 2.75) is 18.9 Å². The van der Waals surface area contributed by atoms with Crippen LogP contribution in [0.5, 0.6) is 5.75 Å². The van der Waals surface area contributed by atoms with E-state index < -0.39 is 5.60 Å². The van der Waals surface area contributed by atoms with Crippen molar-refractivity contribution in [3.8, 4) is 5.75 Å². The highest BCUT2D eigenvalue weighted by Gasteiger charge is 2.69. The minimum Gasteiger partial charge on any atom is -0.474 e. The first-order valence-corrected chi connectivity index (χ1v) is 5.90. The summed E-state index contributed by atoms with van der Waals surface area (Å²) >= 11 is 0. The van der Waals surface area contributed by atoms with Crippen molar-refractivity contribution in [2.24, 2.45) is 11.1 Å². The molecule has 1 saturated carbocycles. The second kappa shape index (κ2) is 3.73. The number of nitrogens with zero attached hydrogens (tertiary/aromatic N) is 1. The molecule has 1 aliphatic carbocycles. The smallest absolute Gasteiger partial charge is 0.351 e. The summed E-state index contributed by atoms with van der Waals surface area (Å²) in [7, 11) is 0. The van der Waals surface area contributed by atoms with E-state index >= 15 is 0 Å². The Morgan fingerprint density at radius 1 is 1.61 bits per heavy atom. The molecule has 1 fully saturated rings. The molecule has 2 atom stereocenters. The van der Waals surface area contributed by atoms with E-state index in [4.69, 9.17) is 14.7 Å². The molecule has 1 aromatic carbocycles. The number of oxime groups is 1. The monoisotopic (exact) mass is 247 g/mol. The summed E-state index contributed by atoms with van der Waals surface area (Å²) in [6, 6.07) is 7.23. The molecule has 0 amide bonds. The van der Waals surface area contributed by atoms with Gasteiger partial charge < -0.3 is 14.7 Å². The number of ether oxygens (including phenoxy) is 2. The molecular formula is C13H13NO4. The fourth-order valence-electron chi connectivity index (χ4n) is 2.47. The molecule has 18 heavy (non-hydrogen) atoms. The third-order valence-electron chi connectivity index (χ3n) is 3.42. The van der Waals surface area contributed by atoms with Crippen LogP contribution in [0.4, 0.5) is 0 Å². The predicted molar refractivity (Wildman–Crippen MR) is 62.9 cm³/mol. The summed E-state index contributed by atoms with van der Waals surface area (Å²) in [5, 5.41) is 12.5. The first-order chi connectivity index (χ1) is 8.73. The van der Waals surface area contributed by atoms with Crippen LogP contribution in [-0.4, -0.2) is 29.1 Å². The Hall–Kier alpha value is -2.04. The van der Waals surface area contributed by atoms with Gasteiger partial charge in [0, 0.05) is 12.0 Å². The highest BCUT2D eigenvalue weighted by atomic mass is 16.6. The highest BCUT2D eigenvalue weighted by Crippen LogP contribution is 2.54. The van der Waals surface area contributed by atoms with E-state index in [-0.39, 0.29) is 11.9 Å². The van der Waals surface area contributed by atoms with Crippen molar-refractivity contribution in [3.05, 3.63) is 29.8 Å². The quantitative estimate of drug-likeness (QED) is 0.489. The Labute approximate surface area is 104 Å². The van der Waals surface area contributed by atoms with Crippen LogP contribution in [0.25, 0.3) is 0 Å². The Morgan fingerprint density at radius 3 is 3.11 bits per heavy atom. The van der Waals surface area contributed by atoms with Crippen LogP contribution < -0.4 is 4.74 Å². The number of hydrogen-bond acceptors (Lipinski definition) is 5. The predicted octanol–water partition coefficient (Wildman–Crippen LogP) is 1.58. The van der Waals surface area contributed by atoms with Gasteiger partial charge in [0.2, 0.25) is 5.60 Å². The number of rotatable bonds is 2. The second-order valence-corrected chi connectivity index (χ2v) is 4.45. The fourth-order valence-corrected chi connectivity index (χ4v) is 2.47. The summed E-state index contributed by atoms with van der Waals surface area (Å²) < 4.78 is 10.8. The average molecular weight is 247 g/mol. The van der Waals surface area contributed by atoms with Crippen molar-refractivity contribution in [3.63, 3.8) is 0 Å². The van der Waals surface area contributed by atoms with Gasteiger partial charge in [0.15, 0.2) is 0 Å². The largest absolute Gasteiger partial charge is 0.474 e. The van der Waals surface area contributed by atoms with E-state index in [0.717, 1.165) is 5.56 Å². The lowest BCUT2D eigenvalue weighted by atomic mass is 10.00. The van der Waals surface area contributed by atoms with Crippen LogP contribution in [0.3, 0.4) is 0 Å². The summed E-state index contributed by atoms with van der Waals surface area (Å²) in [4.78, 5) is 11.9. The lowest BCUT2D eigenvalue weighted by Gasteiger charge is -2.24. The van der Waals surface area contributed by atoms with E-state index in [2.05, 4.69) is 5.16 Å². The van der Waals surface area contributed by atoms with Gasteiger partial charge in [0.25, 0.3) is 0 Å². The van der Waals surface area contributed by atoms with Gasteiger partial charge >= 0.3 is 5.97 Å². The minimum atomic E-state index is -0.980. The second-order valence-electron chi connectivity index (χ2n) is 4.45. The van der Waals surface area contributed by atoms with Gasteiger partial charge in [-0.2, -0.15) is 0 Å². The normalized spacial score (nSPS) is 30.1.